The lowest BCUT2D eigenvalue weighted by Gasteiger charge is -2.10. The Morgan fingerprint density at radius 2 is 1.40 bits per heavy atom. The van der Waals surface area contributed by atoms with Crippen LogP contribution in [-0.4, -0.2) is 31.0 Å². The minimum Gasteiger partial charge on any atom is -0.478 e. The van der Waals surface area contributed by atoms with Crippen molar-refractivity contribution in [1.29, 1.82) is 0 Å². The van der Waals surface area contributed by atoms with Gasteiger partial charge in [0.05, 0.1) is 28.0 Å². The summed E-state index contributed by atoms with van der Waals surface area (Å²) in [7, 11) is 0. The predicted octanol–water partition coefficient (Wildman–Crippen LogP) is 3.45. The second-order valence-corrected chi connectivity index (χ2v) is 5.41. The van der Waals surface area contributed by atoms with Gasteiger partial charge in [-0.2, -0.15) is 0 Å². The number of aromatic nitrogens is 4. The van der Waals surface area contributed by atoms with Gasteiger partial charge in [0, 0.05) is 35.9 Å². The van der Waals surface area contributed by atoms with E-state index in [4.69, 9.17) is 4.98 Å². The lowest BCUT2D eigenvalue weighted by atomic mass is 10.1. The molecule has 3 heterocycles. The van der Waals surface area contributed by atoms with E-state index >= 15 is 0 Å². The van der Waals surface area contributed by atoms with Crippen molar-refractivity contribution in [3.8, 4) is 22.5 Å². The third-order valence-electron chi connectivity index (χ3n) is 3.78. The van der Waals surface area contributed by atoms with Crippen LogP contribution in [0.25, 0.3) is 33.5 Å². The molecule has 4 aromatic rings. The molecule has 25 heavy (non-hydrogen) atoms. The van der Waals surface area contributed by atoms with Gasteiger partial charge in [0.2, 0.25) is 0 Å². The van der Waals surface area contributed by atoms with Crippen molar-refractivity contribution in [3.63, 3.8) is 0 Å². The van der Waals surface area contributed by atoms with Gasteiger partial charge < -0.3 is 5.11 Å². The Kier molecular flexibility index (Phi) is 3.63. The number of rotatable bonds is 3. The summed E-state index contributed by atoms with van der Waals surface area (Å²) in [5.41, 5.74) is 4.26. The fourth-order valence-electron chi connectivity index (χ4n) is 2.60. The van der Waals surface area contributed by atoms with E-state index in [2.05, 4.69) is 15.0 Å². The first-order valence-corrected chi connectivity index (χ1v) is 7.58. The molecule has 1 aromatic carbocycles. The molecule has 0 aliphatic carbocycles. The average molecular weight is 328 g/mol. The van der Waals surface area contributed by atoms with Crippen LogP contribution in [0.5, 0.6) is 0 Å². The van der Waals surface area contributed by atoms with E-state index in [1.165, 1.54) is 12.1 Å². The molecule has 0 atom stereocenters. The number of pyridine rings is 2. The summed E-state index contributed by atoms with van der Waals surface area (Å²) in [5.74, 6) is -0.997. The molecule has 6 nitrogen and oxygen atoms in total. The maximum absolute atomic E-state index is 11.2. The fourth-order valence-corrected chi connectivity index (χ4v) is 2.60. The number of carboxylic acids is 1. The van der Waals surface area contributed by atoms with Gasteiger partial charge in [0.15, 0.2) is 0 Å². The molecule has 0 aliphatic heterocycles. The van der Waals surface area contributed by atoms with Crippen LogP contribution >= 0.6 is 0 Å². The SMILES string of the molecule is O=C(O)c1ccc2nc(-c3cccnc3)c(-c3cccnc3)nc2c1. The minimum atomic E-state index is -0.997. The van der Waals surface area contributed by atoms with Gasteiger partial charge in [0.25, 0.3) is 0 Å². The van der Waals surface area contributed by atoms with Crippen molar-refractivity contribution < 1.29 is 9.90 Å². The highest BCUT2D eigenvalue weighted by molar-refractivity contribution is 5.93. The first-order valence-electron chi connectivity index (χ1n) is 7.58. The Bertz CT molecular complexity index is 1070. The molecular formula is C19H12N4O2. The summed E-state index contributed by atoms with van der Waals surface area (Å²) < 4.78 is 0. The van der Waals surface area contributed by atoms with Crippen LogP contribution < -0.4 is 0 Å². The maximum atomic E-state index is 11.2. The van der Waals surface area contributed by atoms with Crippen molar-refractivity contribution in [3.05, 3.63) is 72.8 Å². The molecule has 1 N–H and O–H groups in total. The van der Waals surface area contributed by atoms with Gasteiger partial charge in [-0.3, -0.25) is 9.97 Å². The van der Waals surface area contributed by atoms with Crippen LogP contribution in [0.4, 0.5) is 0 Å². The maximum Gasteiger partial charge on any atom is 0.335 e. The molecule has 0 saturated carbocycles. The van der Waals surface area contributed by atoms with Gasteiger partial charge in [0.1, 0.15) is 0 Å². The lowest BCUT2D eigenvalue weighted by Crippen LogP contribution is -1.99. The van der Waals surface area contributed by atoms with Crippen molar-refractivity contribution in [2.45, 2.75) is 0 Å². The second-order valence-electron chi connectivity index (χ2n) is 5.41. The molecule has 3 aromatic heterocycles. The van der Waals surface area contributed by atoms with E-state index in [9.17, 15) is 9.90 Å². The molecule has 0 saturated heterocycles. The molecule has 4 rings (SSSR count). The number of benzene rings is 1. The summed E-state index contributed by atoms with van der Waals surface area (Å²) in [6.07, 6.45) is 6.81. The third kappa shape index (κ3) is 2.81. The van der Waals surface area contributed by atoms with Gasteiger partial charge in [-0.05, 0) is 42.5 Å². The van der Waals surface area contributed by atoms with Crippen molar-refractivity contribution in [2.24, 2.45) is 0 Å². The van der Waals surface area contributed by atoms with Crippen LogP contribution in [0.15, 0.2) is 67.3 Å². The van der Waals surface area contributed by atoms with E-state index in [1.54, 1.807) is 30.9 Å². The standard InChI is InChI=1S/C19H12N4O2/c24-19(25)12-5-6-15-16(9-12)23-18(14-4-2-8-21-11-14)17(22-15)13-3-1-7-20-10-13/h1-11H,(H,24,25). The number of hydrogen-bond donors (Lipinski definition) is 1. The van der Waals surface area contributed by atoms with Crippen LogP contribution in [0.3, 0.4) is 0 Å². The third-order valence-corrected chi connectivity index (χ3v) is 3.78. The normalized spacial score (nSPS) is 10.7. The smallest absolute Gasteiger partial charge is 0.335 e. The van der Waals surface area contributed by atoms with Gasteiger partial charge in [-0.1, -0.05) is 0 Å². The van der Waals surface area contributed by atoms with Crippen LogP contribution in [0.2, 0.25) is 0 Å². The van der Waals surface area contributed by atoms with Crippen LogP contribution in [-0.2, 0) is 0 Å². The van der Waals surface area contributed by atoms with Crippen molar-refractivity contribution in [2.75, 3.05) is 0 Å². The Morgan fingerprint density at radius 3 is 1.92 bits per heavy atom. The number of aromatic carboxylic acids is 1. The highest BCUT2D eigenvalue weighted by Gasteiger charge is 2.14. The van der Waals surface area contributed by atoms with Gasteiger partial charge >= 0.3 is 5.97 Å². The summed E-state index contributed by atoms with van der Waals surface area (Å²) in [6.45, 7) is 0. The molecule has 0 spiro atoms. The predicted molar refractivity (Wildman–Crippen MR) is 93.0 cm³/mol. The van der Waals surface area contributed by atoms with Crippen LogP contribution in [0.1, 0.15) is 10.4 Å². The molecule has 0 amide bonds. The van der Waals surface area contributed by atoms with Crippen LogP contribution in [0, 0.1) is 0 Å². The lowest BCUT2D eigenvalue weighted by molar-refractivity contribution is 0.0697. The molecule has 0 aliphatic rings. The zero-order valence-corrected chi connectivity index (χ0v) is 13.0. The fraction of sp³-hybridized carbons (Fsp3) is 0. The molecule has 0 radical (unpaired) electrons. The Labute approximate surface area is 142 Å². The van der Waals surface area contributed by atoms with Crippen molar-refractivity contribution in [1.82, 2.24) is 19.9 Å². The first-order chi connectivity index (χ1) is 12.2. The zero-order valence-electron chi connectivity index (χ0n) is 13.0. The van der Waals surface area contributed by atoms with E-state index in [0.29, 0.717) is 22.4 Å². The highest BCUT2D eigenvalue weighted by atomic mass is 16.4. The molecule has 0 fully saturated rings. The molecule has 0 unspecified atom stereocenters. The summed E-state index contributed by atoms with van der Waals surface area (Å²) in [5, 5.41) is 9.20. The summed E-state index contributed by atoms with van der Waals surface area (Å²) >= 11 is 0. The number of fused-ring (bicyclic) bond motifs is 1. The Hall–Kier alpha value is -3.67. The minimum absolute atomic E-state index is 0.174. The first kappa shape index (κ1) is 14.9. The quantitative estimate of drug-likeness (QED) is 0.619. The van der Waals surface area contributed by atoms with E-state index in [0.717, 1.165) is 11.1 Å². The number of carboxylic acid groups (broad SMARTS) is 1. The monoisotopic (exact) mass is 328 g/mol. The molecule has 120 valence electrons. The number of hydrogen-bond acceptors (Lipinski definition) is 5. The van der Waals surface area contributed by atoms with Crippen molar-refractivity contribution >= 4 is 17.0 Å². The van der Waals surface area contributed by atoms with Gasteiger partial charge in [-0.25, -0.2) is 14.8 Å². The zero-order chi connectivity index (χ0) is 17.2. The largest absolute Gasteiger partial charge is 0.478 e. The Balaban J connectivity index is 2.02. The second kappa shape index (κ2) is 6.09. The molecule has 0 bridgehead atoms. The molecule has 6 heteroatoms. The van der Waals surface area contributed by atoms with E-state index in [1.807, 2.05) is 24.3 Å². The average Bonchev–Trinajstić information content (AvgIpc) is 2.68. The number of carbonyl (C=O) groups is 1. The van der Waals surface area contributed by atoms with E-state index in [-0.39, 0.29) is 5.56 Å². The highest BCUT2D eigenvalue weighted by Crippen LogP contribution is 2.30. The summed E-state index contributed by atoms with van der Waals surface area (Å²) in [6, 6.07) is 12.2. The molecular weight excluding hydrogens is 316 g/mol. The van der Waals surface area contributed by atoms with E-state index < -0.39 is 5.97 Å². The number of nitrogens with zero attached hydrogens (tertiary/aromatic N) is 4. The summed E-state index contributed by atoms with van der Waals surface area (Å²) in [4.78, 5) is 28.9. The van der Waals surface area contributed by atoms with Gasteiger partial charge in [-0.15, -0.1) is 0 Å². The topological polar surface area (TPSA) is 88.9 Å². The Morgan fingerprint density at radius 1 is 0.800 bits per heavy atom.